The van der Waals surface area contributed by atoms with E-state index in [1.165, 1.54) is 22.7 Å². The van der Waals surface area contributed by atoms with Crippen LogP contribution in [0.4, 0.5) is 0 Å². The number of nitrogens with zero attached hydrogens (tertiary/aromatic N) is 1. The van der Waals surface area contributed by atoms with Crippen LogP contribution in [0.25, 0.3) is 0 Å². The van der Waals surface area contributed by atoms with Crippen LogP contribution in [0, 0.1) is 13.8 Å². The number of furan rings is 1. The van der Waals surface area contributed by atoms with Gasteiger partial charge in [-0.1, -0.05) is 6.07 Å². The zero-order chi connectivity index (χ0) is 14.9. The van der Waals surface area contributed by atoms with Crippen molar-refractivity contribution < 1.29 is 17.9 Å². The summed E-state index contributed by atoms with van der Waals surface area (Å²) in [6.45, 7) is 3.19. The van der Waals surface area contributed by atoms with E-state index < -0.39 is 10.0 Å². The summed E-state index contributed by atoms with van der Waals surface area (Å²) < 4.78 is 31.9. The third-order valence-electron chi connectivity index (χ3n) is 3.11. The second-order valence-corrected chi connectivity index (χ2v) is 7.53. The van der Waals surface area contributed by atoms with Crippen molar-refractivity contribution in [3.8, 4) is 0 Å². The number of aliphatic hydroxyl groups excluding tert-OH is 1. The second-order valence-electron chi connectivity index (χ2n) is 4.52. The first-order valence-corrected chi connectivity index (χ1v) is 8.38. The monoisotopic (exact) mass is 315 g/mol. The van der Waals surface area contributed by atoms with E-state index in [-0.39, 0.29) is 11.5 Å². The molecule has 0 atom stereocenters. The lowest BCUT2D eigenvalue weighted by Gasteiger charge is -2.16. The Morgan fingerprint density at radius 1 is 1.35 bits per heavy atom. The molecule has 0 bridgehead atoms. The summed E-state index contributed by atoms with van der Waals surface area (Å²) in [5.41, 5.74) is 0.334. The Bertz CT molecular complexity index is 686. The Labute approximate surface area is 122 Å². The maximum atomic E-state index is 12.6. The van der Waals surface area contributed by atoms with Gasteiger partial charge >= 0.3 is 0 Å². The minimum atomic E-state index is -3.68. The summed E-state index contributed by atoms with van der Waals surface area (Å²) in [6, 6.07) is 3.77. The van der Waals surface area contributed by atoms with Crippen molar-refractivity contribution in [2.45, 2.75) is 31.9 Å². The van der Waals surface area contributed by atoms with Gasteiger partial charge in [-0.25, -0.2) is 8.42 Å². The number of aryl methyl sites for hydroxylation is 2. The van der Waals surface area contributed by atoms with Crippen molar-refractivity contribution in [1.29, 1.82) is 0 Å². The van der Waals surface area contributed by atoms with Crippen LogP contribution in [0.2, 0.25) is 0 Å². The molecule has 0 aliphatic rings. The summed E-state index contributed by atoms with van der Waals surface area (Å²) in [5, 5.41) is 11.3. The third kappa shape index (κ3) is 2.67. The van der Waals surface area contributed by atoms with Crippen molar-refractivity contribution in [3.05, 3.63) is 39.5 Å². The van der Waals surface area contributed by atoms with E-state index in [0.29, 0.717) is 23.6 Å². The maximum absolute atomic E-state index is 12.6. The van der Waals surface area contributed by atoms with E-state index >= 15 is 0 Å². The lowest BCUT2D eigenvalue weighted by atomic mass is 10.2. The lowest BCUT2D eigenvalue weighted by molar-refractivity contribution is 0.276. The summed E-state index contributed by atoms with van der Waals surface area (Å²) in [7, 11) is -2.16. The molecule has 0 saturated carbocycles. The molecule has 0 aliphatic heterocycles. The number of sulfonamides is 1. The highest BCUT2D eigenvalue weighted by atomic mass is 32.2. The Morgan fingerprint density at radius 3 is 2.60 bits per heavy atom. The van der Waals surface area contributed by atoms with Gasteiger partial charge < -0.3 is 9.52 Å². The number of hydrogen-bond acceptors (Lipinski definition) is 5. The van der Waals surface area contributed by atoms with Gasteiger partial charge in [-0.15, -0.1) is 11.3 Å². The quantitative estimate of drug-likeness (QED) is 0.919. The lowest BCUT2D eigenvalue weighted by Crippen LogP contribution is -2.27. The van der Waals surface area contributed by atoms with Crippen molar-refractivity contribution >= 4 is 21.4 Å². The predicted molar refractivity (Wildman–Crippen MR) is 77.1 cm³/mol. The number of aliphatic hydroxyl groups is 1. The predicted octanol–water partition coefficient (Wildman–Crippen LogP) is 2.27. The number of thiophene rings is 1. The Hall–Kier alpha value is -1.15. The fourth-order valence-electron chi connectivity index (χ4n) is 2.09. The molecule has 2 aromatic heterocycles. The van der Waals surface area contributed by atoms with Crippen LogP contribution in [0.3, 0.4) is 0 Å². The molecule has 1 N–H and O–H groups in total. The van der Waals surface area contributed by atoms with Crippen molar-refractivity contribution in [2.24, 2.45) is 0 Å². The fraction of sp³-hybridized carbons (Fsp3) is 0.385. The molecule has 7 heteroatoms. The summed E-state index contributed by atoms with van der Waals surface area (Å²) >= 11 is 1.50. The van der Waals surface area contributed by atoms with E-state index in [4.69, 9.17) is 4.42 Å². The summed E-state index contributed by atoms with van der Waals surface area (Å²) in [5.74, 6) is 0.748. The third-order valence-corrected chi connectivity index (χ3v) is 5.97. The van der Waals surface area contributed by atoms with Gasteiger partial charge in [0.1, 0.15) is 16.4 Å². The highest BCUT2D eigenvalue weighted by Gasteiger charge is 2.30. The molecule has 0 unspecified atom stereocenters. The molecule has 2 aromatic rings. The van der Waals surface area contributed by atoms with Crippen LogP contribution in [-0.4, -0.2) is 24.9 Å². The summed E-state index contributed by atoms with van der Waals surface area (Å²) in [4.78, 5) is 1.04. The molecule has 0 radical (unpaired) electrons. The smallest absolute Gasteiger partial charge is 0.246 e. The highest BCUT2D eigenvalue weighted by Crippen LogP contribution is 2.29. The Kier molecular flexibility index (Phi) is 4.33. The summed E-state index contributed by atoms with van der Waals surface area (Å²) in [6.07, 6.45) is 0. The van der Waals surface area contributed by atoms with E-state index in [9.17, 15) is 13.5 Å². The van der Waals surface area contributed by atoms with Gasteiger partial charge in [0.25, 0.3) is 0 Å². The molecular weight excluding hydrogens is 298 g/mol. The zero-order valence-electron chi connectivity index (χ0n) is 11.6. The van der Waals surface area contributed by atoms with E-state index in [0.717, 1.165) is 4.88 Å². The molecule has 0 aliphatic carbocycles. The molecule has 0 saturated heterocycles. The van der Waals surface area contributed by atoms with Gasteiger partial charge in [0.2, 0.25) is 10.0 Å². The van der Waals surface area contributed by atoms with Gasteiger partial charge in [0.05, 0.1) is 6.61 Å². The minimum Gasteiger partial charge on any atom is -0.465 e. The normalized spacial score (nSPS) is 12.2. The van der Waals surface area contributed by atoms with Crippen LogP contribution in [0.5, 0.6) is 0 Å². The van der Waals surface area contributed by atoms with Crippen molar-refractivity contribution in [3.63, 3.8) is 0 Å². The highest BCUT2D eigenvalue weighted by molar-refractivity contribution is 7.89. The molecule has 0 amide bonds. The van der Waals surface area contributed by atoms with E-state index in [2.05, 4.69) is 0 Å². The average Bonchev–Trinajstić information content (AvgIpc) is 2.96. The van der Waals surface area contributed by atoms with Crippen LogP contribution >= 0.6 is 11.3 Å². The number of rotatable bonds is 5. The van der Waals surface area contributed by atoms with Gasteiger partial charge in [-0.3, -0.25) is 0 Å². The molecule has 110 valence electrons. The first-order chi connectivity index (χ1) is 9.37. The molecule has 5 nitrogen and oxygen atoms in total. The van der Waals surface area contributed by atoms with Crippen LogP contribution in [0.15, 0.2) is 26.8 Å². The first-order valence-electron chi connectivity index (χ1n) is 6.06. The molecular formula is C13H17NO4S2. The fourth-order valence-corrected chi connectivity index (χ4v) is 4.48. The minimum absolute atomic E-state index is 0.0801. The zero-order valence-corrected chi connectivity index (χ0v) is 13.2. The van der Waals surface area contributed by atoms with Gasteiger partial charge in [0, 0.05) is 24.0 Å². The Balaban J connectivity index is 2.40. The second kappa shape index (κ2) is 5.69. The molecule has 2 rings (SSSR count). The Morgan fingerprint density at radius 2 is 2.05 bits per heavy atom. The van der Waals surface area contributed by atoms with Crippen molar-refractivity contribution in [1.82, 2.24) is 4.31 Å². The van der Waals surface area contributed by atoms with Crippen LogP contribution in [-0.2, 0) is 23.2 Å². The van der Waals surface area contributed by atoms with Crippen molar-refractivity contribution in [2.75, 3.05) is 7.05 Å². The van der Waals surface area contributed by atoms with Crippen LogP contribution < -0.4 is 0 Å². The van der Waals surface area contributed by atoms with Crippen LogP contribution in [0.1, 0.15) is 22.0 Å². The number of hydrogen-bond donors (Lipinski definition) is 1. The first kappa shape index (κ1) is 15.2. The molecule has 0 aromatic carbocycles. The largest absolute Gasteiger partial charge is 0.465 e. The maximum Gasteiger partial charge on any atom is 0.246 e. The average molecular weight is 315 g/mol. The van der Waals surface area contributed by atoms with Gasteiger partial charge in [0.15, 0.2) is 0 Å². The molecule has 2 heterocycles. The van der Waals surface area contributed by atoms with E-state index in [1.54, 1.807) is 13.8 Å². The SMILES string of the molecule is Cc1oc(C)c(S(=O)(=O)N(C)Cc2cccs2)c1CO. The van der Waals surface area contributed by atoms with Gasteiger partial charge in [-0.2, -0.15) is 4.31 Å². The molecule has 20 heavy (non-hydrogen) atoms. The molecule has 0 fully saturated rings. The van der Waals surface area contributed by atoms with E-state index in [1.807, 2.05) is 17.5 Å². The molecule has 0 spiro atoms. The van der Waals surface area contributed by atoms with Gasteiger partial charge in [-0.05, 0) is 25.3 Å². The topological polar surface area (TPSA) is 70.8 Å². The standard InChI is InChI=1S/C13H17NO4S2/c1-9-12(8-15)13(10(2)18-9)20(16,17)14(3)7-11-5-4-6-19-11/h4-6,15H,7-8H2,1-3H3.